The summed E-state index contributed by atoms with van der Waals surface area (Å²) >= 11 is 0. The van der Waals surface area contributed by atoms with Crippen LogP contribution in [-0.4, -0.2) is 19.4 Å². The third kappa shape index (κ3) is 2.29. The number of nitrogen functional groups attached to an aromatic ring is 1. The molecule has 1 fully saturated rings. The smallest absolute Gasteiger partial charge is 0.242 e. The molecule has 0 saturated heterocycles. The number of H-pyrrole nitrogens is 1. The van der Waals surface area contributed by atoms with Crippen molar-refractivity contribution in [2.75, 3.05) is 5.73 Å². The molecule has 108 valence electrons. The third-order valence-corrected chi connectivity index (χ3v) is 5.75. The first-order valence-corrected chi connectivity index (χ1v) is 8.34. The van der Waals surface area contributed by atoms with Crippen molar-refractivity contribution in [1.29, 1.82) is 0 Å². The zero-order chi connectivity index (χ0) is 14.3. The van der Waals surface area contributed by atoms with Gasteiger partial charge in [-0.2, -0.15) is 0 Å². The first kappa shape index (κ1) is 13.5. The van der Waals surface area contributed by atoms with Crippen molar-refractivity contribution in [2.24, 2.45) is 5.92 Å². The Kier molecular flexibility index (Phi) is 3.22. The average molecular weight is 293 g/mol. The van der Waals surface area contributed by atoms with Crippen LogP contribution in [0.5, 0.6) is 0 Å². The Balaban J connectivity index is 1.94. The van der Waals surface area contributed by atoms with Crippen molar-refractivity contribution in [3.8, 4) is 0 Å². The minimum atomic E-state index is -3.52. The van der Waals surface area contributed by atoms with Crippen LogP contribution in [-0.2, 0) is 10.0 Å². The molecule has 0 aliphatic heterocycles. The van der Waals surface area contributed by atoms with Gasteiger partial charge in [0.25, 0.3) is 0 Å². The third-order valence-electron chi connectivity index (χ3n) is 4.16. The second-order valence-electron chi connectivity index (χ2n) is 5.56. The van der Waals surface area contributed by atoms with Crippen molar-refractivity contribution in [3.05, 3.63) is 24.4 Å². The zero-order valence-electron chi connectivity index (χ0n) is 11.4. The second-order valence-corrected chi connectivity index (χ2v) is 7.24. The molecule has 1 unspecified atom stereocenters. The Labute approximate surface area is 118 Å². The molecule has 0 bridgehead atoms. The van der Waals surface area contributed by atoms with Gasteiger partial charge < -0.3 is 10.7 Å². The number of benzene rings is 1. The van der Waals surface area contributed by atoms with Crippen molar-refractivity contribution >= 4 is 26.6 Å². The van der Waals surface area contributed by atoms with Gasteiger partial charge >= 0.3 is 0 Å². The highest BCUT2D eigenvalue weighted by atomic mass is 32.2. The van der Waals surface area contributed by atoms with Crippen LogP contribution in [0, 0.1) is 5.92 Å². The Hall–Kier alpha value is -1.53. The lowest BCUT2D eigenvalue weighted by molar-refractivity contribution is 0.260. The summed E-state index contributed by atoms with van der Waals surface area (Å²) in [5, 5.41) is 0.637. The van der Waals surface area contributed by atoms with Gasteiger partial charge in [-0.15, -0.1) is 0 Å². The first-order valence-electron chi connectivity index (χ1n) is 6.86. The topological polar surface area (TPSA) is 88.0 Å². The standard InChI is InChI=1S/C14H19N3O2S/c1-9(10-3-2-4-10)17-20(18,19)14-8-16-13-6-5-11(15)7-12(13)14/h5-10,16-17H,2-4,15H2,1H3. The predicted octanol–water partition coefficient (Wildman–Crippen LogP) is 2.22. The minimum absolute atomic E-state index is 0.0280. The summed E-state index contributed by atoms with van der Waals surface area (Å²) in [6.45, 7) is 1.94. The van der Waals surface area contributed by atoms with Gasteiger partial charge in [0.15, 0.2) is 0 Å². The van der Waals surface area contributed by atoms with Crippen LogP contribution >= 0.6 is 0 Å². The fourth-order valence-electron chi connectivity index (χ4n) is 2.68. The summed E-state index contributed by atoms with van der Waals surface area (Å²) in [5.74, 6) is 0.458. The lowest BCUT2D eigenvalue weighted by Gasteiger charge is -2.31. The van der Waals surface area contributed by atoms with E-state index in [1.54, 1.807) is 18.2 Å². The molecule has 0 amide bonds. The zero-order valence-corrected chi connectivity index (χ0v) is 12.2. The van der Waals surface area contributed by atoms with Crippen molar-refractivity contribution in [3.63, 3.8) is 0 Å². The van der Waals surface area contributed by atoms with Crippen LogP contribution in [0.4, 0.5) is 5.69 Å². The van der Waals surface area contributed by atoms with E-state index in [2.05, 4.69) is 9.71 Å². The molecule has 0 spiro atoms. The number of aromatic nitrogens is 1. The number of fused-ring (bicyclic) bond motifs is 1. The Bertz CT molecular complexity index is 732. The number of sulfonamides is 1. The highest BCUT2D eigenvalue weighted by molar-refractivity contribution is 7.89. The lowest BCUT2D eigenvalue weighted by atomic mass is 9.81. The molecule has 2 aromatic rings. The van der Waals surface area contributed by atoms with Gasteiger partial charge in [-0.25, -0.2) is 13.1 Å². The van der Waals surface area contributed by atoms with Gasteiger partial charge in [-0.1, -0.05) is 6.42 Å². The van der Waals surface area contributed by atoms with Gasteiger partial charge in [0.05, 0.1) is 0 Å². The van der Waals surface area contributed by atoms with Gasteiger partial charge in [0.2, 0.25) is 10.0 Å². The molecule has 0 radical (unpaired) electrons. The average Bonchev–Trinajstić information content (AvgIpc) is 2.68. The number of aromatic amines is 1. The number of nitrogens with one attached hydrogen (secondary N) is 2. The van der Waals surface area contributed by atoms with E-state index in [1.165, 1.54) is 12.6 Å². The normalized spacial score (nSPS) is 18.1. The Morgan fingerprint density at radius 2 is 2.15 bits per heavy atom. The fraction of sp³-hybridized carbons (Fsp3) is 0.429. The van der Waals surface area contributed by atoms with Crippen LogP contribution < -0.4 is 10.5 Å². The maximum atomic E-state index is 12.5. The van der Waals surface area contributed by atoms with Crippen LogP contribution in [0.25, 0.3) is 10.9 Å². The first-order chi connectivity index (χ1) is 9.47. The highest BCUT2D eigenvalue weighted by Crippen LogP contribution is 2.31. The van der Waals surface area contributed by atoms with Crippen molar-refractivity contribution in [2.45, 2.75) is 37.1 Å². The molecule has 6 heteroatoms. The summed E-state index contributed by atoms with van der Waals surface area (Å²) in [7, 11) is -3.52. The Morgan fingerprint density at radius 1 is 1.40 bits per heavy atom. The molecule has 1 atom stereocenters. The predicted molar refractivity (Wildman–Crippen MR) is 79.8 cm³/mol. The second kappa shape index (κ2) is 4.79. The lowest BCUT2D eigenvalue weighted by Crippen LogP contribution is -2.40. The molecule has 5 nitrogen and oxygen atoms in total. The maximum Gasteiger partial charge on any atom is 0.242 e. The van der Waals surface area contributed by atoms with E-state index in [-0.39, 0.29) is 10.9 Å². The van der Waals surface area contributed by atoms with E-state index in [4.69, 9.17) is 5.73 Å². The highest BCUT2D eigenvalue weighted by Gasteiger charge is 2.29. The monoisotopic (exact) mass is 293 g/mol. The van der Waals surface area contributed by atoms with E-state index in [9.17, 15) is 8.42 Å². The molecule has 1 saturated carbocycles. The van der Waals surface area contributed by atoms with E-state index >= 15 is 0 Å². The molecule has 3 rings (SSSR count). The van der Waals surface area contributed by atoms with E-state index < -0.39 is 10.0 Å². The van der Waals surface area contributed by atoms with Crippen LogP contribution in [0.15, 0.2) is 29.3 Å². The number of hydrogen-bond acceptors (Lipinski definition) is 3. The van der Waals surface area contributed by atoms with Crippen molar-refractivity contribution < 1.29 is 8.42 Å². The number of rotatable bonds is 4. The largest absolute Gasteiger partial charge is 0.399 e. The summed E-state index contributed by atoms with van der Waals surface area (Å²) in [4.78, 5) is 3.25. The molecular formula is C14H19N3O2S. The van der Waals surface area contributed by atoms with Gasteiger partial charge in [-0.05, 0) is 43.9 Å². The molecule has 1 aliphatic carbocycles. The number of hydrogen-bond donors (Lipinski definition) is 3. The molecule has 1 aromatic heterocycles. The Morgan fingerprint density at radius 3 is 2.80 bits per heavy atom. The molecule has 4 N–H and O–H groups in total. The molecule has 1 aromatic carbocycles. The van der Waals surface area contributed by atoms with Gasteiger partial charge in [0, 0.05) is 28.8 Å². The van der Waals surface area contributed by atoms with Crippen LogP contribution in [0.3, 0.4) is 0 Å². The molecule has 1 heterocycles. The van der Waals surface area contributed by atoms with Crippen LogP contribution in [0.2, 0.25) is 0 Å². The number of nitrogens with two attached hydrogens (primary N) is 1. The van der Waals surface area contributed by atoms with Gasteiger partial charge in [0.1, 0.15) is 4.90 Å². The SMILES string of the molecule is CC(NS(=O)(=O)c1c[nH]c2ccc(N)cc12)C1CCC1. The summed E-state index contributed by atoms with van der Waals surface area (Å²) in [6, 6.07) is 5.20. The number of anilines is 1. The minimum Gasteiger partial charge on any atom is -0.399 e. The summed E-state index contributed by atoms with van der Waals surface area (Å²) in [6.07, 6.45) is 4.93. The van der Waals surface area contributed by atoms with Crippen LogP contribution in [0.1, 0.15) is 26.2 Å². The molecule has 1 aliphatic rings. The van der Waals surface area contributed by atoms with E-state index in [0.717, 1.165) is 18.4 Å². The van der Waals surface area contributed by atoms with E-state index in [0.29, 0.717) is 17.0 Å². The summed E-state index contributed by atoms with van der Waals surface area (Å²) < 4.78 is 27.8. The maximum absolute atomic E-state index is 12.5. The molecule has 20 heavy (non-hydrogen) atoms. The van der Waals surface area contributed by atoms with Crippen molar-refractivity contribution in [1.82, 2.24) is 9.71 Å². The molecular weight excluding hydrogens is 274 g/mol. The van der Waals surface area contributed by atoms with E-state index in [1.807, 2.05) is 6.92 Å². The fourth-order valence-corrected chi connectivity index (χ4v) is 4.16. The van der Waals surface area contributed by atoms with Gasteiger partial charge in [-0.3, -0.25) is 0 Å². The summed E-state index contributed by atoms with van der Waals surface area (Å²) in [5.41, 5.74) is 7.08. The quantitative estimate of drug-likeness (QED) is 0.755.